The number of piperazine rings is 1. The summed E-state index contributed by atoms with van der Waals surface area (Å²) in [5.74, 6) is 0.620. The smallest absolute Gasteiger partial charge is 0.263 e. The Bertz CT molecular complexity index is 1160. The van der Waals surface area contributed by atoms with Crippen molar-refractivity contribution < 1.29 is 19.1 Å². The molecule has 1 heterocycles. The molecule has 180 valence electrons. The summed E-state index contributed by atoms with van der Waals surface area (Å²) >= 11 is 0. The van der Waals surface area contributed by atoms with Crippen LogP contribution in [0.2, 0.25) is 0 Å². The Morgan fingerprint density at radius 3 is 2.03 bits per heavy atom. The molecule has 0 spiro atoms. The molecule has 35 heavy (non-hydrogen) atoms. The molecule has 0 aromatic heterocycles. The maximum absolute atomic E-state index is 12.9. The summed E-state index contributed by atoms with van der Waals surface area (Å²) in [4.78, 5) is 29.5. The highest BCUT2D eigenvalue weighted by atomic mass is 16.5. The summed E-state index contributed by atoms with van der Waals surface area (Å²) in [6, 6.07) is 22.7. The lowest BCUT2D eigenvalue weighted by Crippen LogP contribution is -2.48. The van der Waals surface area contributed by atoms with Crippen molar-refractivity contribution in [1.29, 1.82) is 0 Å². The minimum absolute atomic E-state index is 0.0262. The zero-order valence-electron chi connectivity index (χ0n) is 19.9. The Balaban J connectivity index is 1.33. The molecule has 1 aliphatic rings. The molecule has 1 aliphatic heterocycles. The van der Waals surface area contributed by atoms with Gasteiger partial charge in [0.05, 0.1) is 14.2 Å². The average Bonchev–Trinajstić information content (AvgIpc) is 2.92. The average molecular weight is 472 g/mol. The monoisotopic (exact) mass is 471 g/mol. The van der Waals surface area contributed by atoms with Gasteiger partial charge in [0, 0.05) is 43.6 Å². The highest BCUT2D eigenvalue weighted by Gasteiger charge is 2.21. The molecule has 1 fully saturated rings. The van der Waals surface area contributed by atoms with Crippen molar-refractivity contribution in [1.82, 2.24) is 4.90 Å². The zero-order chi connectivity index (χ0) is 24.6. The molecule has 3 aromatic rings. The number of hydrogen-bond donors (Lipinski definition) is 1. The number of methoxy groups -OCH3 is 2. The first-order valence-corrected chi connectivity index (χ1v) is 11.5. The molecular formula is C28H29N3O4. The van der Waals surface area contributed by atoms with Crippen molar-refractivity contribution in [3.05, 3.63) is 90.0 Å². The minimum atomic E-state index is -0.303. The van der Waals surface area contributed by atoms with Crippen LogP contribution >= 0.6 is 0 Å². The van der Waals surface area contributed by atoms with Crippen LogP contribution in [0, 0.1) is 0 Å². The molecule has 0 unspecified atom stereocenters. The van der Waals surface area contributed by atoms with Gasteiger partial charge in [-0.1, -0.05) is 36.4 Å². The van der Waals surface area contributed by atoms with E-state index in [0.29, 0.717) is 35.8 Å². The zero-order valence-corrected chi connectivity index (χ0v) is 19.9. The van der Waals surface area contributed by atoms with Gasteiger partial charge in [0.1, 0.15) is 17.1 Å². The fraction of sp³-hybridized carbons (Fsp3) is 0.214. The molecule has 7 nitrogen and oxygen atoms in total. The standard InChI is InChI=1S/C28H29N3O4/c1-34-24-9-6-10-25(35-2)27(24)28(33)29-22-12-14-23(15-13-22)30-17-19-31(20-18-30)26(32)16-11-21-7-4-3-5-8-21/h3-16H,17-20H2,1-2H3,(H,29,33)/b16-11+. The first-order chi connectivity index (χ1) is 17.1. The Labute approximate surface area is 205 Å². The lowest BCUT2D eigenvalue weighted by Gasteiger charge is -2.35. The highest BCUT2D eigenvalue weighted by Crippen LogP contribution is 2.29. The van der Waals surface area contributed by atoms with Crippen LogP contribution < -0.4 is 19.7 Å². The second-order valence-corrected chi connectivity index (χ2v) is 8.09. The van der Waals surface area contributed by atoms with Gasteiger partial charge in [0.15, 0.2) is 0 Å². The molecule has 0 bridgehead atoms. The lowest BCUT2D eigenvalue weighted by atomic mass is 10.1. The van der Waals surface area contributed by atoms with E-state index in [9.17, 15) is 9.59 Å². The van der Waals surface area contributed by atoms with Crippen LogP contribution in [-0.4, -0.2) is 57.1 Å². The molecule has 0 saturated carbocycles. The number of ether oxygens (including phenoxy) is 2. The Hall–Kier alpha value is -4.26. The summed E-state index contributed by atoms with van der Waals surface area (Å²) in [7, 11) is 3.04. The van der Waals surface area contributed by atoms with Crippen molar-refractivity contribution in [3.8, 4) is 11.5 Å². The van der Waals surface area contributed by atoms with Crippen LogP contribution in [0.5, 0.6) is 11.5 Å². The number of nitrogens with one attached hydrogen (secondary N) is 1. The Kier molecular flexibility index (Phi) is 7.67. The van der Waals surface area contributed by atoms with Crippen LogP contribution in [0.15, 0.2) is 78.9 Å². The van der Waals surface area contributed by atoms with Crippen molar-refractivity contribution in [2.45, 2.75) is 0 Å². The molecular weight excluding hydrogens is 442 g/mol. The van der Waals surface area contributed by atoms with E-state index in [0.717, 1.165) is 24.3 Å². The number of carbonyl (C=O) groups excluding carboxylic acids is 2. The van der Waals surface area contributed by atoms with Crippen molar-refractivity contribution >= 4 is 29.3 Å². The number of benzene rings is 3. The molecule has 0 atom stereocenters. The summed E-state index contributed by atoms with van der Waals surface area (Å²) in [5, 5.41) is 2.91. The van der Waals surface area contributed by atoms with Crippen LogP contribution in [0.4, 0.5) is 11.4 Å². The topological polar surface area (TPSA) is 71.1 Å². The SMILES string of the molecule is COc1cccc(OC)c1C(=O)Nc1ccc(N2CCN(C(=O)/C=C/c3ccccc3)CC2)cc1. The number of rotatable bonds is 7. The maximum atomic E-state index is 12.9. The fourth-order valence-electron chi connectivity index (χ4n) is 4.05. The third-order valence-electron chi connectivity index (χ3n) is 5.95. The van der Waals surface area contributed by atoms with E-state index < -0.39 is 0 Å². The number of anilines is 2. The summed E-state index contributed by atoms with van der Waals surface area (Å²) in [6.45, 7) is 2.80. The predicted molar refractivity (Wildman–Crippen MR) is 138 cm³/mol. The maximum Gasteiger partial charge on any atom is 0.263 e. The van der Waals surface area contributed by atoms with E-state index in [-0.39, 0.29) is 11.8 Å². The first-order valence-electron chi connectivity index (χ1n) is 11.5. The molecule has 1 N–H and O–H groups in total. The van der Waals surface area contributed by atoms with Gasteiger partial charge in [-0.3, -0.25) is 9.59 Å². The Morgan fingerprint density at radius 2 is 1.43 bits per heavy atom. The van der Waals surface area contributed by atoms with Gasteiger partial charge in [-0.25, -0.2) is 0 Å². The third kappa shape index (κ3) is 5.81. The summed E-state index contributed by atoms with van der Waals surface area (Å²) < 4.78 is 10.7. The molecule has 1 saturated heterocycles. The normalized spacial score (nSPS) is 13.5. The van der Waals surface area contributed by atoms with Crippen molar-refractivity contribution in [3.63, 3.8) is 0 Å². The van der Waals surface area contributed by atoms with Crippen molar-refractivity contribution in [2.24, 2.45) is 0 Å². The van der Waals surface area contributed by atoms with E-state index >= 15 is 0 Å². The number of carbonyl (C=O) groups is 2. The molecule has 3 aromatic carbocycles. The van der Waals surface area contributed by atoms with Crippen LogP contribution in [0.25, 0.3) is 6.08 Å². The van der Waals surface area contributed by atoms with Crippen LogP contribution in [0.3, 0.4) is 0 Å². The molecule has 0 aliphatic carbocycles. The van der Waals surface area contributed by atoms with Gasteiger partial charge < -0.3 is 24.6 Å². The number of amides is 2. The molecule has 7 heteroatoms. The van der Waals surface area contributed by atoms with Gasteiger partial charge in [-0.05, 0) is 48.0 Å². The predicted octanol–water partition coefficient (Wildman–Crippen LogP) is 4.32. The second kappa shape index (κ2) is 11.2. The second-order valence-electron chi connectivity index (χ2n) is 8.09. The lowest BCUT2D eigenvalue weighted by molar-refractivity contribution is -0.126. The van der Waals surface area contributed by atoms with E-state index in [4.69, 9.17) is 9.47 Å². The van der Waals surface area contributed by atoms with Crippen LogP contribution in [0.1, 0.15) is 15.9 Å². The van der Waals surface area contributed by atoms with Gasteiger partial charge in [0.25, 0.3) is 5.91 Å². The van der Waals surface area contributed by atoms with E-state index in [1.54, 1.807) is 24.3 Å². The van der Waals surface area contributed by atoms with Gasteiger partial charge in [0.2, 0.25) is 5.91 Å². The van der Waals surface area contributed by atoms with Gasteiger partial charge in [-0.2, -0.15) is 0 Å². The van der Waals surface area contributed by atoms with Gasteiger partial charge >= 0.3 is 0 Å². The molecule has 0 radical (unpaired) electrons. The number of hydrogen-bond acceptors (Lipinski definition) is 5. The quantitative estimate of drug-likeness (QED) is 0.520. The Morgan fingerprint density at radius 1 is 0.800 bits per heavy atom. The van der Waals surface area contributed by atoms with E-state index in [1.165, 1.54) is 14.2 Å². The first kappa shape index (κ1) is 23.9. The van der Waals surface area contributed by atoms with Crippen molar-refractivity contribution in [2.75, 3.05) is 50.6 Å². The highest BCUT2D eigenvalue weighted by molar-refractivity contribution is 6.08. The van der Waals surface area contributed by atoms with E-state index in [2.05, 4.69) is 10.2 Å². The van der Waals surface area contributed by atoms with Gasteiger partial charge in [-0.15, -0.1) is 0 Å². The van der Waals surface area contributed by atoms with Crippen LogP contribution in [-0.2, 0) is 4.79 Å². The fourth-order valence-corrected chi connectivity index (χ4v) is 4.05. The third-order valence-corrected chi connectivity index (χ3v) is 5.95. The van der Waals surface area contributed by atoms with E-state index in [1.807, 2.05) is 65.6 Å². The summed E-state index contributed by atoms with van der Waals surface area (Å²) in [6.07, 6.45) is 3.49. The minimum Gasteiger partial charge on any atom is -0.496 e. The largest absolute Gasteiger partial charge is 0.496 e. The number of nitrogens with zero attached hydrogens (tertiary/aromatic N) is 2. The molecule has 2 amide bonds. The summed E-state index contributed by atoms with van der Waals surface area (Å²) in [5.41, 5.74) is 3.08. The molecule has 4 rings (SSSR count).